The third kappa shape index (κ3) is 0.906. The topological polar surface area (TPSA) is 40.6 Å². The molecule has 0 aromatic carbocycles. The largest absolute Gasteiger partial charge is 0.327 e. The highest BCUT2D eigenvalue weighted by molar-refractivity contribution is 6.06. The van der Waals surface area contributed by atoms with Crippen molar-refractivity contribution in [2.24, 2.45) is 0 Å². The van der Waals surface area contributed by atoms with Crippen molar-refractivity contribution in [2.75, 3.05) is 13.6 Å². The molecule has 0 aliphatic carbocycles. The SMILES string of the molecule is CCN1C(=O)N(C)C(C)(C)C1=O. The van der Waals surface area contributed by atoms with Crippen molar-refractivity contribution < 1.29 is 9.59 Å². The van der Waals surface area contributed by atoms with Gasteiger partial charge in [-0.05, 0) is 20.8 Å². The zero-order valence-corrected chi connectivity index (χ0v) is 7.92. The Morgan fingerprint density at radius 1 is 1.33 bits per heavy atom. The molecule has 4 heteroatoms. The zero-order valence-electron chi connectivity index (χ0n) is 7.92. The lowest BCUT2D eigenvalue weighted by molar-refractivity contribution is -0.131. The van der Waals surface area contributed by atoms with Gasteiger partial charge in [0.2, 0.25) is 0 Å². The van der Waals surface area contributed by atoms with Crippen molar-refractivity contribution in [1.29, 1.82) is 0 Å². The minimum atomic E-state index is -0.674. The van der Waals surface area contributed by atoms with Crippen LogP contribution < -0.4 is 0 Å². The predicted molar refractivity (Wildman–Crippen MR) is 44.6 cm³/mol. The van der Waals surface area contributed by atoms with Gasteiger partial charge in [-0.1, -0.05) is 0 Å². The summed E-state index contributed by atoms with van der Waals surface area (Å²) in [7, 11) is 1.65. The monoisotopic (exact) mass is 170 g/mol. The molecule has 0 aromatic heterocycles. The van der Waals surface area contributed by atoms with E-state index < -0.39 is 5.54 Å². The number of rotatable bonds is 1. The molecule has 12 heavy (non-hydrogen) atoms. The number of hydrogen-bond acceptors (Lipinski definition) is 2. The maximum absolute atomic E-state index is 11.5. The summed E-state index contributed by atoms with van der Waals surface area (Å²) in [6.07, 6.45) is 0. The Bertz CT molecular complexity index is 235. The second-order valence-corrected chi connectivity index (χ2v) is 3.45. The van der Waals surface area contributed by atoms with Gasteiger partial charge < -0.3 is 4.90 Å². The van der Waals surface area contributed by atoms with Gasteiger partial charge in [0.15, 0.2) is 0 Å². The number of likely N-dealkylation sites (N-methyl/N-ethyl adjacent to an activating group) is 2. The van der Waals surface area contributed by atoms with Crippen LogP contribution in [0.3, 0.4) is 0 Å². The van der Waals surface area contributed by atoms with E-state index in [-0.39, 0.29) is 11.9 Å². The van der Waals surface area contributed by atoms with Crippen LogP contribution in [0.2, 0.25) is 0 Å². The van der Waals surface area contributed by atoms with E-state index in [1.54, 1.807) is 27.8 Å². The molecular weight excluding hydrogens is 156 g/mol. The highest BCUT2D eigenvalue weighted by Crippen LogP contribution is 2.24. The molecule has 1 heterocycles. The average Bonchev–Trinajstić information content (AvgIpc) is 2.15. The van der Waals surface area contributed by atoms with E-state index in [2.05, 4.69) is 0 Å². The van der Waals surface area contributed by atoms with E-state index in [1.807, 2.05) is 0 Å². The lowest BCUT2D eigenvalue weighted by Gasteiger charge is -2.22. The Balaban J connectivity index is 3.02. The molecule has 0 radical (unpaired) electrons. The molecule has 1 rings (SSSR count). The summed E-state index contributed by atoms with van der Waals surface area (Å²) in [4.78, 5) is 25.7. The lowest BCUT2D eigenvalue weighted by Crippen LogP contribution is -2.41. The van der Waals surface area contributed by atoms with Gasteiger partial charge in [0.05, 0.1) is 0 Å². The zero-order chi connectivity index (χ0) is 9.52. The molecule has 0 atom stereocenters. The summed E-state index contributed by atoms with van der Waals surface area (Å²) in [6.45, 7) is 5.75. The Labute approximate surface area is 72.1 Å². The molecule has 3 amide bonds. The summed E-state index contributed by atoms with van der Waals surface area (Å²) in [5.74, 6) is -0.113. The number of nitrogens with zero attached hydrogens (tertiary/aromatic N) is 2. The van der Waals surface area contributed by atoms with Crippen LogP contribution in [-0.2, 0) is 4.79 Å². The van der Waals surface area contributed by atoms with E-state index >= 15 is 0 Å². The van der Waals surface area contributed by atoms with Crippen LogP contribution >= 0.6 is 0 Å². The molecule has 0 saturated carbocycles. The Hall–Kier alpha value is -1.06. The van der Waals surface area contributed by atoms with Crippen molar-refractivity contribution in [3.63, 3.8) is 0 Å². The van der Waals surface area contributed by atoms with Gasteiger partial charge in [-0.15, -0.1) is 0 Å². The van der Waals surface area contributed by atoms with Crippen LogP contribution in [0.1, 0.15) is 20.8 Å². The second kappa shape index (κ2) is 2.47. The third-order valence-corrected chi connectivity index (χ3v) is 2.44. The summed E-state index contributed by atoms with van der Waals surface area (Å²) in [6, 6.07) is -0.201. The molecule has 4 nitrogen and oxygen atoms in total. The number of urea groups is 1. The Morgan fingerprint density at radius 2 is 1.83 bits per heavy atom. The number of hydrogen-bond donors (Lipinski definition) is 0. The molecule has 0 aromatic rings. The van der Waals surface area contributed by atoms with Gasteiger partial charge in [-0.25, -0.2) is 4.79 Å². The first-order valence-electron chi connectivity index (χ1n) is 4.02. The molecular formula is C8H14N2O2. The minimum Gasteiger partial charge on any atom is -0.313 e. The molecule has 68 valence electrons. The van der Waals surface area contributed by atoms with E-state index in [1.165, 1.54) is 9.80 Å². The fourth-order valence-corrected chi connectivity index (χ4v) is 1.26. The fraction of sp³-hybridized carbons (Fsp3) is 0.750. The first kappa shape index (κ1) is 9.03. The standard InChI is InChI=1S/C8H14N2O2/c1-5-10-6(11)8(2,3)9(4)7(10)12/h5H2,1-4H3. The van der Waals surface area contributed by atoms with Crippen molar-refractivity contribution in [1.82, 2.24) is 9.80 Å². The molecule has 1 saturated heterocycles. The lowest BCUT2D eigenvalue weighted by atomic mass is 10.1. The van der Waals surface area contributed by atoms with E-state index in [0.717, 1.165) is 0 Å². The fourth-order valence-electron chi connectivity index (χ4n) is 1.26. The highest BCUT2D eigenvalue weighted by Gasteiger charge is 2.48. The number of carbonyl (C=O) groups is 2. The second-order valence-electron chi connectivity index (χ2n) is 3.45. The number of amides is 3. The van der Waals surface area contributed by atoms with Crippen molar-refractivity contribution in [3.05, 3.63) is 0 Å². The Morgan fingerprint density at radius 3 is 2.00 bits per heavy atom. The normalized spacial score (nSPS) is 22.3. The van der Waals surface area contributed by atoms with Gasteiger partial charge in [-0.3, -0.25) is 9.69 Å². The Kier molecular flexibility index (Phi) is 1.86. The minimum absolute atomic E-state index is 0.113. The molecule has 0 spiro atoms. The molecule has 0 unspecified atom stereocenters. The van der Waals surface area contributed by atoms with Crippen molar-refractivity contribution in [3.8, 4) is 0 Å². The van der Waals surface area contributed by atoms with Crippen LogP contribution in [-0.4, -0.2) is 40.9 Å². The predicted octanol–water partition coefficient (Wildman–Crippen LogP) is 0.679. The molecule has 1 aliphatic rings. The number of carbonyl (C=O) groups excluding carboxylic acids is 2. The molecule has 1 aliphatic heterocycles. The third-order valence-electron chi connectivity index (χ3n) is 2.44. The molecule has 0 N–H and O–H groups in total. The van der Waals surface area contributed by atoms with Gasteiger partial charge in [0.25, 0.3) is 5.91 Å². The average molecular weight is 170 g/mol. The summed E-state index contributed by atoms with van der Waals surface area (Å²) in [5, 5.41) is 0. The van der Waals surface area contributed by atoms with Gasteiger partial charge >= 0.3 is 6.03 Å². The number of imide groups is 1. The van der Waals surface area contributed by atoms with Crippen molar-refractivity contribution in [2.45, 2.75) is 26.3 Å². The highest BCUT2D eigenvalue weighted by atomic mass is 16.2. The van der Waals surface area contributed by atoms with E-state index in [9.17, 15) is 9.59 Å². The first-order chi connectivity index (χ1) is 5.42. The molecule has 0 bridgehead atoms. The van der Waals surface area contributed by atoms with Gasteiger partial charge in [0.1, 0.15) is 5.54 Å². The summed E-state index contributed by atoms with van der Waals surface area (Å²) in [5.41, 5.74) is -0.674. The summed E-state index contributed by atoms with van der Waals surface area (Å²) >= 11 is 0. The van der Waals surface area contributed by atoms with Crippen LogP contribution in [0.15, 0.2) is 0 Å². The maximum atomic E-state index is 11.5. The van der Waals surface area contributed by atoms with Crippen LogP contribution in [0.4, 0.5) is 4.79 Å². The van der Waals surface area contributed by atoms with Gasteiger partial charge in [-0.2, -0.15) is 0 Å². The van der Waals surface area contributed by atoms with Crippen LogP contribution in [0, 0.1) is 0 Å². The van der Waals surface area contributed by atoms with Gasteiger partial charge in [0, 0.05) is 13.6 Å². The summed E-state index contributed by atoms with van der Waals surface area (Å²) < 4.78 is 0. The quantitative estimate of drug-likeness (QED) is 0.543. The molecule has 1 fully saturated rings. The van der Waals surface area contributed by atoms with E-state index in [0.29, 0.717) is 6.54 Å². The van der Waals surface area contributed by atoms with E-state index in [4.69, 9.17) is 0 Å². The first-order valence-corrected chi connectivity index (χ1v) is 4.02. The van der Waals surface area contributed by atoms with Crippen molar-refractivity contribution >= 4 is 11.9 Å². The smallest absolute Gasteiger partial charge is 0.313 e. The van der Waals surface area contributed by atoms with Crippen LogP contribution in [0.5, 0.6) is 0 Å². The van der Waals surface area contributed by atoms with Crippen LogP contribution in [0.25, 0.3) is 0 Å². The maximum Gasteiger partial charge on any atom is 0.327 e.